The van der Waals surface area contributed by atoms with Gasteiger partial charge in [0.25, 0.3) is 10.0 Å². The van der Waals surface area contributed by atoms with Crippen molar-refractivity contribution in [2.75, 3.05) is 10.8 Å². The van der Waals surface area contributed by atoms with Crippen LogP contribution in [0.15, 0.2) is 89.8 Å². The smallest absolute Gasteiger partial charge is 0.264 e. The van der Waals surface area contributed by atoms with Crippen molar-refractivity contribution in [2.45, 2.75) is 62.6 Å². The highest BCUT2D eigenvalue weighted by molar-refractivity contribution is 7.92. The van der Waals surface area contributed by atoms with E-state index < -0.39 is 28.5 Å². The van der Waals surface area contributed by atoms with Gasteiger partial charge in [0.1, 0.15) is 12.6 Å². The zero-order valence-corrected chi connectivity index (χ0v) is 23.6. The maximum Gasteiger partial charge on any atom is 0.264 e. The van der Waals surface area contributed by atoms with Gasteiger partial charge < -0.3 is 10.2 Å². The molecule has 0 spiro atoms. The van der Waals surface area contributed by atoms with Crippen LogP contribution in [0.25, 0.3) is 0 Å². The van der Waals surface area contributed by atoms with Gasteiger partial charge in [-0.05, 0) is 55.2 Å². The normalized spacial score (nSPS) is 14.5. The third-order valence-electron chi connectivity index (χ3n) is 7.04. The Morgan fingerprint density at radius 1 is 0.923 bits per heavy atom. The summed E-state index contributed by atoms with van der Waals surface area (Å²) in [5.74, 6) is -0.728. The first-order valence-electron chi connectivity index (χ1n) is 13.3. The fourth-order valence-electron chi connectivity index (χ4n) is 4.94. The fourth-order valence-corrected chi connectivity index (χ4v) is 6.57. The standard InChI is InChI=1S/C30H34ClN3O4S/c1-2-28(30(36)32-24-14-10-11-15-24)33(21-23-13-9-12-20-27(23)31)29(35)22-34(25-16-5-3-6-17-25)39(37,38)26-18-7-4-8-19-26/h3-9,12-13,16-20,24,28H,2,10-11,14-15,21-22H2,1H3,(H,32,36)/t28-/m1/s1. The van der Waals surface area contributed by atoms with Crippen LogP contribution in [-0.2, 0) is 26.2 Å². The van der Waals surface area contributed by atoms with Gasteiger partial charge in [0, 0.05) is 17.6 Å². The molecule has 1 aliphatic rings. The van der Waals surface area contributed by atoms with Gasteiger partial charge in [-0.15, -0.1) is 0 Å². The van der Waals surface area contributed by atoms with Gasteiger partial charge >= 0.3 is 0 Å². The van der Waals surface area contributed by atoms with E-state index in [1.54, 1.807) is 66.7 Å². The minimum absolute atomic E-state index is 0.0725. The third-order valence-corrected chi connectivity index (χ3v) is 9.20. The molecular weight excluding hydrogens is 534 g/mol. The molecule has 0 heterocycles. The molecule has 0 aliphatic heterocycles. The molecule has 206 valence electrons. The number of carbonyl (C=O) groups is 2. The largest absolute Gasteiger partial charge is 0.352 e. The van der Waals surface area contributed by atoms with E-state index in [1.807, 2.05) is 13.0 Å². The molecule has 0 saturated heterocycles. The molecule has 1 atom stereocenters. The number of sulfonamides is 1. The van der Waals surface area contributed by atoms with Crippen LogP contribution in [0.5, 0.6) is 0 Å². The minimum atomic E-state index is -4.08. The highest BCUT2D eigenvalue weighted by Gasteiger charge is 2.34. The summed E-state index contributed by atoms with van der Waals surface area (Å²) in [5, 5.41) is 3.58. The number of nitrogens with one attached hydrogen (secondary N) is 1. The number of halogens is 1. The number of hydrogen-bond donors (Lipinski definition) is 1. The zero-order chi connectivity index (χ0) is 27.8. The highest BCUT2D eigenvalue weighted by Crippen LogP contribution is 2.26. The lowest BCUT2D eigenvalue weighted by Gasteiger charge is -2.34. The van der Waals surface area contributed by atoms with Crippen molar-refractivity contribution in [3.05, 3.63) is 95.5 Å². The molecule has 3 aromatic carbocycles. The minimum Gasteiger partial charge on any atom is -0.352 e. The van der Waals surface area contributed by atoms with E-state index in [1.165, 1.54) is 17.0 Å². The van der Waals surface area contributed by atoms with Crippen LogP contribution in [-0.4, -0.2) is 43.8 Å². The Labute approximate surface area is 235 Å². The molecule has 1 aliphatic carbocycles. The van der Waals surface area contributed by atoms with Crippen molar-refractivity contribution in [1.29, 1.82) is 0 Å². The molecule has 2 amide bonds. The molecule has 1 fully saturated rings. The number of nitrogens with zero attached hydrogens (tertiary/aromatic N) is 2. The Hall–Kier alpha value is -3.36. The van der Waals surface area contributed by atoms with Crippen LogP contribution in [0.3, 0.4) is 0 Å². The third kappa shape index (κ3) is 6.99. The summed E-state index contributed by atoms with van der Waals surface area (Å²) < 4.78 is 28.6. The van der Waals surface area contributed by atoms with Crippen molar-refractivity contribution in [2.24, 2.45) is 0 Å². The number of benzene rings is 3. The number of para-hydroxylation sites is 1. The van der Waals surface area contributed by atoms with Gasteiger partial charge in [-0.3, -0.25) is 13.9 Å². The zero-order valence-electron chi connectivity index (χ0n) is 22.0. The van der Waals surface area contributed by atoms with Crippen molar-refractivity contribution < 1.29 is 18.0 Å². The van der Waals surface area contributed by atoms with E-state index in [9.17, 15) is 18.0 Å². The van der Waals surface area contributed by atoms with Crippen LogP contribution in [0.1, 0.15) is 44.6 Å². The Morgan fingerprint density at radius 3 is 2.13 bits per heavy atom. The van der Waals surface area contributed by atoms with Crippen LogP contribution >= 0.6 is 11.6 Å². The second-order valence-electron chi connectivity index (χ2n) is 9.69. The van der Waals surface area contributed by atoms with Crippen LogP contribution in [0, 0.1) is 0 Å². The maximum absolute atomic E-state index is 14.1. The molecule has 0 unspecified atom stereocenters. The quantitative estimate of drug-likeness (QED) is 0.336. The molecule has 1 saturated carbocycles. The average molecular weight is 568 g/mol. The Bertz CT molecular complexity index is 1360. The summed E-state index contributed by atoms with van der Waals surface area (Å²) in [7, 11) is -4.08. The van der Waals surface area contributed by atoms with E-state index in [2.05, 4.69) is 5.32 Å². The first-order valence-corrected chi connectivity index (χ1v) is 15.1. The number of hydrogen-bond acceptors (Lipinski definition) is 4. The summed E-state index contributed by atoms with van der Waals surface area (Å²) >= 11 is 6.45. The SMILES string of the molecule is CC[C@H](C(=O)NC1CCCC1)N(Cc1ccccc1Cl)C(=O)CN(c1ccccc1)S(=O)(=O)c1ccccc1. The van der Waals surface area contributed by atoms with Crippen molar-refractivity contribution >= 4 is 39.1 Å². The molecule has 7 nitrogen and oxygen atoms in total. The van der Waals surface area contributed by atoms with E-state index in [0.29, 0.717) is 22.7 Å². The Morgan fingerprint density at radius 2 is 1.51 bits per heavy atom. The van der Waals surface area contributed by atoms with E-state index in [0.717, 1.165) is 30.0 Å². The molecule has 0 bridgehead atoms. The van der Waals surface area contributed by atoms with Crippen molar-refractivity contribution in [3.8, 4) is 0 Å². The van der Waals surface area contributed by atoms with Crippen LogP contribution in [0.4, 0.5) is 5.69 Å². The molecule has 3 aromatic rings. The second-order valence-corrected chi connectivity index (χ2v) is 12.0. The summed E-state index contributed by atoms with van der Waals surface area (Å²) in [5.41, 5.74) is 1.03. The lowest BCUT2D eigenvalue weighted by molar-refractivity contribution is -0.140. The summed E-state index contributed by atoms with van der Waals surface area (Å²) in [6, 6.07) is 23.0. The van der Waals surface area contributed by atoms with Gasteiger partial charge in [0.2, 0.25) is 11.8 Å². The van der Waals surface area contributed by atoms with Gasteiger partial charge in [0.15, 0.2) is 0 Å². The molecule has 39 heavy (non-hydrogen) atoms. The molecule has 1 N–H and O–H groups in total. The monoisotopic (exact) mass is 567 g/mol. The topological polar surface area (TPSA) is 86.8 Å². The summed E-state index contributed by atoms with van der Waals surface area (Å²) in [6.45, 7) is 1.45. The first-order chi connectivity index (χ1) is 18.8. The summed E-state index contributed by atoms with van der Waals surface area (Å²) in [4.78, 5) is 29.0. The van der Waals surface area contributed by atoms with Gasteiger partial charge in [0.05, 0.1) is 10.6 Å². The maximum atomic E-state index is 14.1. The molecule has 0 aromatic heterocycles. The molecular formula is C30H34ClN3O4S. The second kappa shape index (κ2) is 13.1. The number of rotatable bonds is 11. The highest BCUT2D eigenvalue weighted by atomic mass is 35.5. The lowest BCUT2D eigenvalue weighted by Crippen LogP contribution is -2.53. The molecule has 0 radical (unpaired) electrons. The number of amides is 2. The van der Waals surface area contributed by atoms with Gasteiger partial charge in [-0.25, -0.2) is 8.42 Å². The van der Waals surface area contributed by atoms with Crippen molar-refractivity contribution in [1.82, 2.24) is 10.2 Å². The average Bonchev–Trinajstić information content (AvgIpc) is 3.46. The van der Waals surface area contributed by atoms with Crippen LogP contribution in [0.2, 0.25) is 5.02 Å². The van der Waals surface area contributed by atoms with Gasteiger partial charge in [-0.2, -0.15) is 0 Å². The van der Waals surface area contributed by atoms with E-state index in [-0.39, 0.29) is 23.4 Å². The summed E-state index contributed by atoms with van der Waals surface area (Å²) in [6.07, 6.45) is 4.32. The fraction of sp³-hybridized carbons (Fsp3) is 0.333. The van der Waals surface area contributed by atoms with Gasteiger partial charge in [-0.1, -0.05) is 86.0 Å². The van der Waals surface area contributed by atoms with Crippen molar-refractivity contribution in [3.63, 3.8) is 0 Å². The van der Waals surface area contributed by atoms with E-state index in [4.69, 9.17) is 11.6 Å². The number of carbonyl (C=O) groups excluding carboxylic acids is 2. The molecule has 4 rings (SSSR count). The first kappa shape index (κ1) is 28.6. The predicted molar refractivity (Wildman–Crippen MR) is 154 cm³/mol. The Balaban J connectivity index is 1.69. The van der Waals surface area contributed by atoms with Crippen LogP contribution < -0.4 is 9.62 Å². The lowest BCUT2D eigenvalue weighted by atomic mass is 10.1. The Kier molecular flexibility index (Phi) is 9.64. The molecule has 9 heteroatoms. The van der Waals surface area contributed by atoms with E-state index >= 15 is 0 Å². The number of anilines is 1. The predicted octanol–water partition coefficient (Wildman–Crippen LogP) is 5.40.